The highest BCUT2D eigenvalue weighted by Gasteiger charge is 2.25. The maximum Gasteiger partial charge on any atom is 0.0963 e. The summed E-state index contributed by atoms with van der Waals surface area (Å²) in [6.45, 7) is 0. The molecule has 0 radical (unpaired) electrons. The lowest BCUT2D eigenvalue weighted by molar-refractivity contribution is 0.439. The maximum atomic E-state index is 9.09. The van der Waals surface area contributed by atoms with Crippen LogP contribution >= 0.6 is 27.7 Å². The molecule has 0 amide bonds. The van der Waals surface area contributed by atoms with Crippen molar-refractivity contribution in [2.24, 2.45) is 5.92 Å². The lowest BCUT2D eigenvalue weighted by Gasteiger charge is -2.25. The van der Waals surface area contributed by atoms with Gasteiger partial charge in [-0.3, -0.25) is 0 Å². The van der Waals surface area contributed by atoms with Crippen molar-refractivity contribution in [2.75, 3.05) is 0 Å². The van der Waals surface area contributed by atoms with Crippen LogP contribution in [-0.2, 0) is 0 Å². The minimum Gasteiger partial charge on any atom is -0.249 e. The Hall–Kier alpha value is -0.530. The number of nitrogens with zero attached hydrogens (tertiary/aromatic N) is 2. The van der Waals surface area contributed by atoms with Gasteiger partial charge in [0.05, 0.1) is 17.0 Å². The topological polar surface area (TPSA) is 36.7 Å². The Morgan fingerprint density at radius 3 is 2.88 bits per heavy atom. The molecule has 0 bridgehead atoms. The summed E-state index contributed by atoms with van der Waals surface area (Å²) in [6, 6.07) is 6.44. The fourth-order valence-corrected chi connectivity index (χ4v) is 3.42. The Labute approximate surface area is 109 Å². The maximum absolute atomic E-state index is 9.09. The van der Waals surface area contributed by atoms with Gasteiger partial charge in [0.2, 0.25) is 0 Å². The summed E-state index contributed by atoms with van der Waals surface area (Å²) in [7, 11) is 0. The van der Waals surface area contributed by atoms with Crippen LogP contribution < -0.4 is 0 Å². The standard InChI is InChI=1S/C12H13BrN2S/c13-10-5-6-12(15-8-10)16-11-4-2-1-3-9(11)7-14/h5-6,8-9,11H,1-4H2. The molecule has 1 fully saturated rings. The van der Waals surface area contributed by atoms with Gasteiger partial charge in [-0.05, 0) is 40.9 Å². The first-order chi connectivity index (χ1) is 7.79. The van der Waals surface area contributed by atoms with Crippen LogP contribution in [0.15, 0.2) is 27.8 Å². The van der Waals surface area contributed by atoms with Gasteiger partial charge in [0.1, 0.15) is 0 Å². The molecular weight excluding hydrogens is 284 g/mol. The summed E-state index contributed by atoms with van der Waals surface area (Å²) < 4.78 is 0.998. The Kier molecular flexibility index (Phi) is 4.25. The molecule has 2 nitrogen and oxygen atoms in total. The summed E-state index contributed by atoms with van der Waals surface area (Å²) in [5, 5.41) is 10.5. The summed E-state index contributed by atoms with van der Waals surface area (Å²) in [6.07, 6.45) is 6.44. The molecule has 84 valence electrons. The van der Waals surface area contributed by atoms with Gasteiger partial charge in [0.25, 0.3) is 0 Å². The van der Waals surface area contributed by atoms with E-state index in [1.54, 1.807) is 11.8 Å². The molecule has 0 aliphatic heterocycles. The molecule has 4 heteroatoms. The van der Waals surface area contributed by atoms with E-state index in [2.05, 4.69) is 27.0 Å². The number of thioether (sulfide) groups is 1. The third-order valence-electron chi connectivity index (χ3n) is 2.84. The second kappa shape index (κ2) is 5.70. The van der Waals surface area contributed by atoms with E-state index >= 15 is 0 Å². The van der Waals surface area contributed by atoms with Crippen LogP contribution in [-0.4, -0.2) is 10.2 Å². The molecule has 16 heavy (non-hydrogen) atoms. The van der Waals surface area contributed by atoms with E-state index in [9.17, 15) is 0 Å². The number of hydrogen-bond donors (Lipinski definition) is 0. The largest absolute Gasteiger partial charge is 0.249 e. The van der Waals surface area contributed by atoms with E-state index < -0.39 is 0 Å². The molecule has 1 aliphatic carbocycles. The highest BCUT2D eigenvalue weighted by atomic mass is 79.9. The molecule has 1 aliphatic rings. The lowest BCUT2D eigenvalue weighted by atomic mass is 9.90. The van der Waals surface area contributed by atoms with Gasteiger partial charge >= 0.3 is 0 Å². The zero-order chi connectivity index (χ0) is 11.4. The third-order valence-corrected chi connectivity index (χ3v) is 4.66. The van der Waals surface area contributed by atoms with Gasteiger partial charge in [-0.1, -0.05) is 12.8 Å². The second-order valence-electron chi connectivity index (χ2n) is 3.99. The van der Waals surface area contributed by atoms with Gasteiger partial charge in [-0.25, -0.2) is 4.98 Å². The van der Waals surface area contributed by atoms with E-state index in [0.717, 1.165) is 22.3 Å². The van der Waals surface area contributed by atoms with Crippen molar-refractivity contribution >= 4 is 27.7 Å². The molecule has 0 spiro atoms. The lowest BCUT2D eigenvalue weighted by Crippen LogP contribution is -2.20. The average Bonchev–Trinajstić information content (AvgIpc) is 2.33. The Bertz CT molecular complexity index is 385. The molecule has 0 aromatic carbocycles. The molecule has 2 atom stereocenters. The highest BCUT2D eigenvalue weighted by Crippen LogP contribution is 2.36. The zero-order valence-electron chi connectivity index (χ0n) is 8.90. The summed E-state index contributed by atoms with van der Waals surface area (Å²) in [4.78, 5) is 4.35. The van der Waals surface area contributed by atoms with Crippen LogP contribution in [0.1, 0.15) is 25.7 Å². The Balaban J connectivity index is 2.02. The summed E-state index contributed by atoms with van der Waals surface area (Å²) in [5.74, 6) is 0.198. The predicted molar refractivity (Wildman–Crippen MR) is 69.2 cm³/mol. The fourth-order valence-electron chi connectivity index (χ4n) is 1.97. The zero-order valence-corrected chi connectivity index (χ0v) is 11.3. The number of aromatic nitrogens is 1. The Morgan fingerprint density at radius 2 is 2.19 bits per heavy atom. The smallest absolute Gasteiger partial charge is 0.0963 e. The number of nitriles is 1. The molecule has 1 aromatic rings. The summed E-state index contributed by atoms with van der Waals surface area (Å²) in [5.41, 5.74) is 0. The van der Waals surface area contributed by atoms with Crippen molar-refractivity contribution in [3.8, 4) is 6.07 Å². The van der Waals surface area contributed by atoms with E-state index in [4.69, 9.17) is 5.26 Å². The normalized spacial score (nSPS) is 25.0. The van der Waals surface area contributed by atoms with Crippen molar-refractivity contribution in [3.63, 3.8) is 0 Å². The van der Waals surface area contributed by atoms with E-state index in [0.29, 0.717) is 5.25 Å². The molecule has 1 heterocycles. The fraction of sp³-hybridized carbons (Fsp3) is 0.500. The number of pyridine rings is 1. The molecule has 0 saturated heterocycles. The molecule has 2 rings (SSSR count). The second-order valence-corrected chi connectivity index (χ2v) is 6.17. The van der Waals surface area contributed by atoms with Crippen molar-refractivity contribution < 1.29 is 0 Å². The van der Waals surface area contributed by atoms with Gasteiger partial charge in [-0.2, -0.15) is 5.26 Å². The number of halogens is 1. The van der Waals surface area contributed by atoms with E-state index in [1.807, 2.05) is 18.3 Å². The van der Waals surface area contributed by atoms with Crippen LogP contribution in [0.5, 0.6) is 0 Å². The third kappa shape index (κ3) is 2.99. The van der Waals surface area contributed by atoms with Crippen LogP contribution in [0.25, 0.3) is 0 Å². The number of rotatable bonds is 2. The predicted octanol–water partition coefficient (Wildman–Crippen LogP) is 4.02. The SMILES string of the molecule is N#CC1CCCCC1Sc1ccc(Br)cn1. The van der Waals surface area contributed by atoms with Crippen LogP contribution in [0.3, 0.4) is 0 Å². The van der Waals surface area contributed by atoms with E-state index in [-0.39, 0.29) is 5.92 Å². The quantitative estimate of drug-likeness (QED) is 0.827. The van der Waals surface area contributed by atoms with Crippen molar-refractivity contribution in [1.82, 2.24) is 4.98 Å². The highest BCUT2D eigenvalue weighted by molar-refractivity contribution is 9.10. The van der Waals surface area contributed by atoms with E-state index in [1.165, 1.54) is 12.8 Å². The van der Waals surface area contributed by atoms with Gasteiger partial charge in [-0.15, -0.1) is 11.8 Å². The first-order valence-electron chi connectivity index (χ1n) is 5.47. The first-order valence-corrected chi connectivity index (χ1v) is 7.14. The molecule has 2 unspecified atom stereocenters. The molecular formula is C12H13BrN2S. The molecule has 1 saturated carbocycles. The monoisotopic (exact) mass is 296 g/mol. The van der Waals surface area contributed by atoms with Crippen molar-refractivity contribution in [1.29, 1.82) is 5.26 Å². The van der Waals surface area contributed by atoms with Crippen LogP contribution in [0, 0.1) is 17.2 Å². The number of hydrogen-bond acceptors (Lipinski definition) is 3. The van der Waals surface area contributed by atoms with Crippen LogP contribution in [0.4, 0.5) is 0 Å². The van der Waals surface area contributed by atoms with Crippen molar-refractivity contribution in [3.05, 3.63) is 22.8 Å². The van der Waals surface area contributed by atoms with Gasteiger partial charge in [0.15, 0.2) is 0 Å². The Morgan fingerprint density at radius 1 is 1.38 bits per heavy atom. The van der Waals surface area contributed by atoms with Crippen LogP contribution in [0.2, 0.25) is 0 Å². The first kappa shape index (κ1) is 11.9. The molecule has 1 aromatic heterocycles. The summed E-state index contributed by atoms with van der Waals surface area (Å²) >= 11 is 5.12. The minimum absolute atomic E-state index is 0.198. The minimum atomic E-state index is 0.198. The average molecular weight is 297 g/mol. The van der Waals surface area contributed by atoms with Gasteiger partial charge < -0.3 is 0 Å². The molecule has 0 N–H and O–H groups in total. The van der Waals surface area contributed by atoms with Gasteiger partial charge in [0, 0.05) is 15.9 Å². The van der Waals surface area contributed by atoms with Crippen molar-refractivity contribution in [2.45, 2.75) is 36.0 Å².